The Bertz CT molecular complexity index is 3280. The maximum Gasteiger partial charge on any atom is 0.164 e. The molecule has 2 unspecified atom stereocenters. The number of allylic oxidation sites excluding steroid dienone is 4. The van der Waals surface area contributed by atoms with Crippen LogP contribution in [0.5, 0.6) is 0 Å². The molecule has 62 heavy (non-hydrogen) atoms. The van der Waals surface area contributed by atoms with E-state index in [2.05, 4.69) is 201 Å². The minimum absolute atomic E-state index is 0.00295. The quantitative estimate of drug-likeness (QED) is 0.111. The second-order valence-electron chi connectivity index (χ2n) is 16.2. The van der Waals surface area contributed by atoms with Crippen LogP contribution in [0.4, 0.5) is 5.69 Å². The summed E-state index contributed by atoms with van der Waals surface area (Å²) >= 11 is 0. The van der Waals surface area contributed by atoms with Crippen molar-refractivity contribution < 1.29 is 0 Å². The topological polar surface area (TPSA) is 54.8 Å². The van der Waals surface area contributed by atoms with Gasteiger partial charge in [-0.3, -0.25) is 14.5 Å². The number of imidazole rings is 1. The van der Waals surface area contributed by atoms with Gasteiger partial charge in [-0.05, 0) is 85.1 Å². The minimum Gasteiger partial charge on any atom is -0.319 e. The molecule has 0 amide bonds. The molecule has 0 fully saturated rings. The van der Waals surface area contributed by atoms with E-state index in [-0.39, 0.29) is 12.0 Å². The predicted octanol–water partition coefficient (Wildman–Crippen LogP) is 14.0. The molecule has 10 aromatic rings. The maximum absolute atomic E-state index is 9.65. The van der Waals surface area contributed by atoms with Crippen LogP contribution in [-0.4, -0.2) is 24.5 Å². The first kappa shape index (κ1) is 37.3. The number of aromatic nitrogens is 4. The number of hydrogen-bond donors (Lipinski definition) is 1. The Kier molecular flexibility index (Phi) is 9.46. The van der Waals surface area contributed by atoms with Crippen molar-refractivity contribution in [2.24, 2.45) is 0 Å². The van der Waals surface area contributed by atoms with Crippen LogP contribution >= 0.6 is 0 Å². The highest BCUT2D eigenvalue weighted by Gasteiger charge is 2.28. The largest absolute Gasteiger partial charge is 0.319 e. The molecule has 3 heterocycles. The molecule has 1 aliphatic rings. The lowest BCUT2D eigenvalue weighted by molar-refractivity contribution is 0.629. The number of rotatable bonds is 10. The van der Waals surface area contributed by atoms with Crippen molar-refractivity contribution in [3.05, 3.63) is 223 Å². The zero-order valence-electron chi connectivity index (χ0n) is 34.6. The fourth-order valence-corrected chi connectivity index (χ4v) is 9.65. The number of amidine groups is 1. The third kappa shape index (κ3) is 6.26. The lowest BCUT2D eigenvalue weighted by Crippen LogP contribution is -2.35. The summed E-state index contributed by atoms with van der Waals surface area (Å²) in [5.74, 6) is 1.66. The summed E-state index contributed by atoms with van der Waals surface area (Å²) < 4.78 is 7.16. The standard InChI is InChI=1S/C56H46N6/c1-2-20-49(39-21-8-3-9-22-39)60(54(57)40-23-10-4-11-24-40)45-35-33-44(34-36-45)59-50-32-19-18-31-46(50)47-37-52-48(38-51(47)59)53-56(61(52)42-27-14-6-15-28-42)58-55(41-25-12-5-13-26-41)62(53)43-29-16-7-17-30-43/h3-19,21-25,27-38,41,49,57H,2,20,26H2,1H3. The zero-order valence-corrected chi connectivity index (χ0v) is 34.6. The van der Waals surface area contributed by atoms with E-state index in [9.17, 15) is 5.41 Å². The van der Waals surface area contributed by atoms with Gasteiger partial charge in [-0.2, -0.15) is 0 Å². The number of nitrogens with zero attached hydrogens (tertiary/aromatic N) is 5. The van der Waals surface area contributed by atoms with Crippen LogP contribution in [0.2, 0.25) is 0 Å². The Balaban J connectivity index is 1.15. The lowest BCUT2D eigenvalue weighted by Gasteiger charge is -2.34. The summed E-state index contributed by atoms with van der Waals surface area (Å²) in [5, 5.41) is 13.2. The van der Waals surface area contributed by atoms with Crippen molar-refractivity contribution in [2.45, 2.75) is 38.1 Å². The number of para-hydroxylation sites is 3. The molecule has 0 saturated heterocycles. The minimum atomic E-state index is -0.00295. The summed E-state index contributed by atoms with van der Waals surface area (Å²) in [5.41, 5.74) is 11.8. The van der Waals surface area contributed by atoms with Gasteiger partial charge in [0.1, 0.15) is 17.2 Å². The monoisotopic (exact) mass is 802 g/mol. The van der Waals surface area contributed by atoms with Crippen molar-refractivity contribution in [2.75, 3.05) is 4.90 Å². The van der Waals surface area contributed by atoms with E-state index in [1.165, 1.54) is 16.3 Å². The number of nitrogens with one attached hydrogen (secondary N) is 1. The van der Waals surface area contributed by atoms with Gasteiger partial charge in [0.2, 0.25) is 0 Å². The van der Waals surface area contributed by atoms with Crippen LogP contribution in [0.1, 0.15) is 55.1 Å². The van der Waals surface area contributed by atoms with E-state index in [0.29, 0.717) is 5.84 Å². The van der Waals surface area contributed by atoms with Crippen LogP contribution in [0.15, 0.2) is 206 Å². The fourth-order valence-electron chi connectivity index (χ4n) is 9.65. The molecule has 1 N–H and O–H groups in total. The zero-order chi connectivity index (χ0) is 41.6. The normalized spacial score (nSPS) is 14.3. The Morgan fingerprint density at radius 1 is 0.613 bits per heavy atom. The molecule has 3 aromatic heterocycles. The van der Waals surface area contributed by atoms with Crippen molar-refractivity contribution in [3.8, 4) is 17.1 Å². The summed E-state index contributed by atoms with van der Waals surface area (Å²) in [7, 11) is 0. The molecular weight excluding hydrogens is 757 g/mol. The molecule has 6 heteroatoms. The second kappa shape index (κ2) is 15.7. The van der Waals surface area contributed by atoms with Gasteiger partial charge in [0, 0.05) is 50.4 Å². The summed E-state index contributed by atoms with van der Waals surface area (Å²) in [6.07, 6.45) is 11.6. The van der Waals surface area contributed by atoms with Crippen LogP contribution < -0.4 is 4.90 Å². The summed E-state index contributed by atoms with van der Waals surface area (Å²) in [6, 6.07) is 64.5. The number of benzene rings is 7. The van der Waals surface area contributed by atoms with Crippen LogP contribution in [0.25, 0.3) is 60.9 Å². The summed E-state index contributed by atoms with van der Waals surface area (Å²) in [4.78, 5) is 7.79. The Hall–Kier alpha value is -7.70. The van der Waals surface area contributed by atoms with E-state index >= 15 is 0 Å². The molecule has 2 atom stereocenters. The smallest absolute Gasteiger partial charge is 0.164 e. The predicted molar refractivity (Wildman–Crippen MR) is 258 cm³/mol. The molecule has 0 aliphatic heterocycles. The highest BCUT2D eigenvalue weighted by atomic mass is 15.2. The lowest BCUT2D eigenvalue weighted by atomic mass is 9.98. The highest BCUT2D eigenvalue weighted by molar-refractivity contribution is 6.18. The summed E-state index contributed by atoms with van der Waals surface area (Å²) in [6.45, 7) is 2.22. The Morgan fingerprint density at radius 3 is 1.89 bits per heavy atom. The van der Waals surface area contributed by atoms with Crippen LogP contribution in [0.3, 0.4) is 0 Å². The molecule has 300 valence electrons. The second-order valence-corrected chi connectivity index (χ2v) is 16.2. The maximum atomic E-state index is 9.65. The van der Waals surface area contributed by atoms with Gasteiger partial charge < -0.3 is 9.47 Å². The fraction of sp³-hybridized carbons (Fsp3) is 0.107. The van der Waals surface area contributed by atoms with Crippen molar-refractivity contribution in [1.29, 1.82) is 5.41 Å². The SMILES string of the molecule is CCCC(c1ccccc1)N(C(=N)c1ccccc1)c1ccc(-n2c3ccccc3c3cc4c(cc32)c2c(nc(C3C=CC=CC3)n2-c2ccccc2)n4-c2ccccc2)cc1. The van der Waals surface area contributed by atoms with Gasteiger partial charge in [-0.15, -0.1) is 0 Å². The average molecular weight is 803 g/mol. The van der Waals surface area contributed by atoms with Gasteiger partial charge in [0.25, 0.3) is 0 Å². The van der Waals surface area contributed by atoms with Crippen LogP contribution in [-0.2, 0) is 0 Å². The van der Waals surface area contributed by atoms with Crippen molar-refractivity contribution in [3.63, 3.8) is 0 Å². The molecule has 0 spiro atoms. The van der Waals surface area contributed by atoms with E-state index in [1.807, 2.05) is 30.3 Å². The molecule has 0 saturated carbocycles. The van der Waals surface area contributed by atoms with Crippen molar-refractivity contribution in [1.82, 2.24) is 18.7 Å². The first-order chi connectivity index (χ1) is 30.7. The first-order valence-electron chi connectivity index (χ1n) is 21.7. The van der Waals surface area contributed by atoms with E-state index in [0.717, 1.165) is 86.5 Å². The number of fused-ring (bicyclic) bond motifs is 6. The molecule has 1 aliphatic carbocycles. The van der Waals surface area contributed by atoms with Gasteiger partial charge in [0.15, 0.2) is 5.65 Å². The van der Waals surface area contributed by atoms with Crippen LogP contribution in [0, 0.1) is 5.41 Å². The Labute approximate surface area is 361 Å². The van der Waals surface area contributed by atoms with E-state index in [4.69, 9.17) is 4.98 Å². The molecular formula is C56H46N6. The number of anilines is 1. The molecule has 0 radical (unpaired) electrons. The van der Waals surface area contributed by atoms with Gasteiger partial charge >= 0.3 is 0 Å². The average Bonchev–Trinajstić information content (AvgIpc) is 3.99. The third-order valence-electron chi connectivity index (χ3n) is 12.5. The van der Waals surface area contributed by atoms with E-state index < -0.39 is 0 Å². The molecule has 7 aromatic carbocycles. The van der Waals surface area contributed by atoms with Gasteiger partial charge in [-0.1, -0.05) is 153 Å². The Morgan fingerprint density at radius 2 is 1.21 bits per heavy atom. The first-order valence-corrected chi connectivity index (χ1v) is 21.7. The van der Waals surface area contributed by atoms with Crippen molar-refractivity contribution >= 4 is 55.4 Å². The van der Waals surface area contributed by atoms with E-state index in [1.54, 1.807) is 0 Å². The molecule has 6 nitrogen and oxygen atoms in total. The third-order valence-corrected chi connectivity index (χ3v) is 12.5. The molecule has 11 rings (SSSR count). The van der Waals surface area contributed by atoms with Gasteiger partial charge in [0.05, 0.1) is 22.6 Å². The van der Waals surface area contributed by atoms with Gasteiger partial charge in [-0.25, -0.2) is 4.98 Å². The highest BCUT2D eigenvalue weighted by Crippen LogP contribution is 2.43. The molecule has 0 bridgehead atoms. The number of hydrogen-bond acceptors (Lipinski definition) is 2.